The first-order valence-electron chi connectivity index (χ1n) is 5.10. The summed E-state index contributed by atoms with van der Waals surface area (Å²) in [5.41, 5.74) is -0.129. The van der Waals surface area contributed by atoms with Crippen LogP contribution in [-0.4, -0.2) is 49.1 Å². The molecule has 0 aromatic carbocycles. The van der Waals surface area contributed by atoms with Gasteiger partial charge >= 0.3 is 0 Å². The second-order valence-electron chi connectivity index (χ2n) is 5.03. The summed E-state index contributed by atoms with van der Waals surface area (Å²) in [6.45, 7) is 8.48. The lowest BCUT2D eigenvalue weighted by molar-refractivity contribution is -0.124. The molecule has 2 N–H and O–H groups in total. The van der Waals surface area contributed by atoms with Gasteiger partial charge in [0.25, 0.3) is 0 Å². The molecule has 4 nitrogen and oxygen atoms in total. The molecule has 1 aliphatic heterocycles. The van der Waals surface area contributed by atoms with Crippen molar-refractivity contribution in [3.63, 3.8) is 0 Å². The third kappa shape index (κ3) is 3.64. The molecule has 0 bridgehead atoms. The van der Waals surface area contributed by atoms with E-state index in [1.807, 2.05) is 27.8 Å². The first-order chi connectivity index (χ1) is 6.38. The Hall–Kier alpha value is -0.610. The number of carbonyl (C=O) groups is 1. The van der Waals surface area contributed by atoms with Crippen LogP contribution in [-0.2, 0) is 4.79 Å². The fraction of sp³-hybridized carbons (Fsp3) is 0.900. The van der Waals surface area contributed by atoms with Crippen molar-refractivity contribution in [3.05, 3.63) is 0 Å². The first-order valence-corrected chi connectivity index (χ1v) is 5.10. The van der Waals surface area contributed by atoms with E-state index in [9.17, 15) is 4.79 Å². The Kier molecular flexibility index (Phi) is 3.50. The largest absolute Gasteiger partial charge is 0.350 e. The van der Waals surface area contributed by atoms with Gasteiger partial charge in [-0.05, 0) is 27.8 Å². The fourth-order valence-electron chi connectivity index (χ4n) is 1.40. The zero-order valence-corrected chi connectivity index (χ0v) is 9.55. The molecule has 0 aliphatic carbocycles. The smallest absolute Gasteiger partial charge is 0.234 e. The summed E-state index contributed by atoms with van der Waals surface area (Å²) < 4.78 is 0. The molecular weight excluding hydrogens is 178 g/mol. The van der Waals surface area contributed by atoms with Gasteiger partial charge in [0.1, 0.15) is 0 Å². The summed E-state index contributed by atoms with van der Waals surface area (Å²) in [4.78, 5) is 13.6. The Bertz CT molecular complexity index is 206. The first kappa shape index (κ1) is 11.5. The van der Waals surface area contributed by atoms with Gasteiger partial charge in [-0.1, -0.05) is 0 Å². The summed E-state index contributed by atoms with van der Waals surface area (Å²) >= 11 is 0. The van der Waals surface area contributed by atoms with Gasteiger partial charge in [-0.15, -0.1) is 0 Å². The molecule has 1 amide bonds. The summed E-state index contributed by atoms with van der Waals surface area (Å²) in [7, 11) is 1.99. The molecule has 1 rings (SSSR count). The molecule has 82 valence electrons. The van der Waals surface area contributed by atoms with E-state index in [4.69, 9.17) is 0 Å². The van der Waals surface area contributed by atoms with E-state index in [1.54, 1.807) is 0 Å². The Labute approximate surface area is 86.0 Å². The van der Waals surface area contributed by atoms with Crippen LogP contribution in [0.4, 0.5) is 0 Å². The lowest BCUT2D eigenvalue weighted by Crippen LogP contribution is -2.58. The maximum Gasteiger partial charge on any atom is 0.234 e. The van der Waals surface area contributed by atoms with Crippen LogP contribution in [0, 0.1) is 0 Å². The average molecular weight is 199 g/mol. The molecule has 0 spiro atoms. The molecule has 1 heterocycles. The molecular formula is C10H21N3O. The van der Waals surface area contributed by atoms with Gasteiger partial charge in [0.15, 0.2) is 0 Å². The molecule has 0 unspecified atom stereocenters. The lowest BCUT2D eigenvalue weighted by atomic mass is 10.1. The van der Waals surface area contributed by atoms with Gasteiger partial charge in [0, 0.05) is 24.7 Å². The summed E-state index contributed by atoms with van der Waals surface area (Å²) in [5, 5.41) is 6.14. The maximum absolute atomic E-state index is 11.5. The monoisotopic (exact) mass is 199 g/mol. The van der Waals surface area contributed by atoms with E-state index in [1.165, 1.54) is 0 Å². The zero-order chi connectivity index (χ0) is 10.8. The minimum atomic E-state index is -0.129. The minimum Gasteiger partial charge on any atom is -0.350 e. The lowest BCUT2D eigenvalue weighted by Gasteiger charge is -2.35. The molecule has 0 radical (unpaired) electrons. The third-order valence-electron chi connectivity index (χ3n) is 2.29. The summed E-state index contributed by atoms with van der Waals surface area (Å²) in [5.74, 6) is 0.104. The van der Waals surface area contributed by atoms with Gasteiger partial charge < -0.3 is 10.6 Å². The number of hydrogen-bond donors (Lipinski definition) is 2. The van der Waals surface area contributed by atoms with Crippen molar-refractivity contribution in [3.8, 4) is 0 Å². The molecule has 0 atom stereocenters. The molecule has 1 saturated heterocycles. The second kappa shape index (κ2) is 4.28. The number of amides is 1. The molecule has 1 aliphatic rings. The number of likely N-dealkylation sites (N-methyl/N-ethyl adjacent to an activating group) is 1. The van der Waals surface area contributed by atoms with Crippen LogP contribution in [0.5, 0.6) is 0 Å². The Balaban J connectivity index is 2.25. The van der Waals surface area contributed by atoms with Crippen LogP contribution in [0.1, 0.15) is 20.8 Å². The van der Waals surface area contributed by atoms with Crippen LogP contribution in [0.25, 0.3) is 0 Å². The van der Waals surface area contributed by atoms with E-state index >= 15 is 0 Å². The van der Waals surface area contributed by atoms with E-state index in [0.29, 0.717) is 12.6 Å². The number of hydrogen-bond acceptors (Lipinski definition) is 3. The minimum absolute atomic E-state index is 0.104. The maximum atomic E-state index is 11.5. The molecule has 0 saturated carbocycles. The van der Waals surface area contributed by atoms with Crippen LogP contribution in [0.3, 0.4) is 0 Å². The van der Waals surface area contributed by atoms with Crippen molar-refractivity contribution < 1.29 is 4.79 Å². The number of nitrogens with zero attached hydrogens (tertiary/aromatic N) is 1. The highest BCUT2D eigenvalue weighted by molar-refractivity contribution is 5.78. The Morgan fingerprint density at radius 1 is 1.50 bits per heavy atom. The number of carbonyl (C=O) groups excluding carboxylic acids is 1. The predicted molar refractivity (Wildman–Crippen MR) is 57.2 cm³/mol. The fourth-order valence-corrected chi connectivity index (χ4v) is 1.40. The van der Waals surface area contributed by atoms with Crippen molar-refractivity contribution in [2.24, 2.45) is 0 Å². The molecule has 4 heteroatoms. The highest BCUT2D eigenvalue weighted by Crippen LogP contribution is 2.02. The molecule has 0 aromatic rings. The van der Waals surface area contributed by atoms with Gasteiger partial charge in [-0.2, -0.15) is 0 Å². The van der Waals surface area contributed by atoms with Gasteiger partial charge in [0.2, 0.25) is 5.91 Å². The summed E-state index contributed by atoms with van der Waals surface area (Å²) in [6, 6.07) is 0.528. The Morgan fingerprint density at radius 3 is 2.43 bits per heavy atom. The van der Waals surface area contributed by atoms with Crippen LogP contribution < -0.4 is 10.6 Å². The highest BCUT2D eigenvalue weighted by Gasteiger charge is 2.24. The Morgan fingerprint density at radius 2 is 2.07 bits per heavy atom. The van der Waals surface area contributed by atoms with Crippen molar-refractivity contribution >= 4 is 5.91 Å². The molecule has 14 heavy (non-hydrogen) atoms. The van der Waals surface area contributed by atoms with E-state index in [-0.39, 0.29) is 11.4 Å². The molecule has 1 fully saturated rings. The van der Waals surface area contributed by atoms with E-state index in [0.717, 1.165) is 13.1 Å². The van der Waals surface area contributed by atoms with Crippen molar-refractivity contribution in [2.45, 2.75) is 32.4 Å². The van der Waals surface area contributed by atoms with Gasteiger partial charge in [-0.3, -0.25) is 9.69 Å². The highest BCUT2D eigenvalue weighted by atomic mass is 16.2. The van der Waals surface area contributed by atoms with Crippen molar-refractivity contribution in [1.82, 2.24) is 15.5 Å². The predicted octanol–water partition coefficient (Wildman–Crippen LogP) is -0.195. The molecule has 0 aromatic heterocycles. The van der Waals surface area contributed by atoms with Crippen LogP contribution >= 0.6 is 0 Å². The SMILES string of the molecule is CN(CC(=O)NC(C)(C)C)C1CNC1. The van der Waals surface area contributed by atoms with Gasteiger partial charge in [0.05, 0.1) is 6.54 Å². The summed E-state index contributed by atoms with van der Waals surface area (Å²) in [6.07, 6.45) is 0. The van der Waals surface area contributed by atoms with E-state index < -0.39 is 0 Å². The van der Waals surface area contributed by atoms with Crippen LogP contribution in [0.2, 0.25) is 0 Å². The van der Waals surface area contributed by atoms with Gasteiger partial charge in [-0.25, -0.2) is 0 Å². The number of rotatable bonds is 3. The zero-order valence-electron chi connectivity index (χ0n) is 9.55. The van der Waals surface area contributed by atoms with E-state index in [2.05, 4.69) is 15.5 Å². The van der Waals surface area contributed by atoms with Crippen LogP contribution in [0.15, 0.2) is 0 Å². The number of nitrogens with one attached hydrogen (secondary N) is 2. The second-order valence-corrected chi connectivity index (χ2v) is 5.03. The quantitative estimate of drug-likeness (QED) is 0.662. The standard InChI is InChI=1S/C10H21N3O/c1-10(2,3)12-9(14)7-13(4)8-5-11-6-8/h8,11H,5-7H2,1-4H3,(H,12,14). The van der Waals surface area contributed by atoms with Crippen molar-refractivity contribution in [1.29, 1.82) is 0 Å². The average Bonchev–Trinajstić information content (AvgIpc) is 1.75. The van der Waals surface area contributed by atoms with Crippen molar-refractivity contribution in [2.75, 3.05) is 26.7 Å². The third-order valence-corrected chi connectivity index (χ3v) is 2.29. The normalized spacial score (nSPS) is 18.1. The topological polar surface area (TPSA) is 44.4 Å².